The van der Waals surface area contributed by atoms with Crippen LogP contribution < -0.4 is 5.73 Å². The van der Waals surface area contributed by atoms with Crippen molar-refractivity contribution in [2.45, 2.75) is 38.3 Å². The molecular weight excluding hydrogens is 278 g/mol. The maximum absolute atomic E-state index is 11.8. The van der Waals surface area contributed by atoms with E-state index in [1.54, 1.807) is 20.8 Å². The lowest BCUT2D eigenvalue weighted by Crippen LogP contribution is -2.57. The summed E-state index contributed by atoms with van der Waals surface area (Å²) in [7, 11) is 1.18. The molecule has 0 heterocycles. The van der Waals surface area contributed by atoms with Crippen molar-refractivity contribution >= 4 is 27.9 Å². The molecule has 0 saturated heterocycles. The van der Waals surface area contributed by atoms with Crippen molar-refractivity contribution in [3.8, 4) is 0 Å². The first kappa shape index (κ1) is 15.4. The average molecular weight is 296 g/mol. The fourth-order valence-electron chi connectivity index (χ4n) is 0.988. The van der Waals surface area contributed by atoms with Crippen LogP contribution in [0.5, 0.6) is 0 Å². The number of carbonyl (C=O) groups excluding carboxylic acids is 2. The standard InChI is InChI=1S/C10H18BrNO4/c1-9(2,3)16-8(14)10(12,5-6-11)7(13)15-4/h5-6,12H2,1-4H3/t10-/m0/s1. The summed E-state index contributed by atoms with van der Waals surface area (Å²) in [6.45, 7) is 5.12. The number of nitrogens with two attached hydrogens (primary N) is 1. The highest BCUT2D eigenvalue weighted by Crippen LogP contribution is 2.18. The number of rotatable bonds is 4. The number of hydrogen-bond acceptors (Lipinski definition) is 5. The molecule has 0 spiro atoms. The third kappa shape index (κ3) is 4.09. The number of methoxy groups -OCH3 is 1. The molecule has 0 radical (unpaired) electrons. The van der Waals surface area contributed by atoms with Crippen LogP contribution in [0.1, 0.15) is 27.2 Å². The zero-order valence-electron chi connectivity index (χ0n) is 10.0. The summed E-state index contributed by atoms with van der Waals surface area (Å²) in [5.74, 6) is -1.56. The molecule has 5 nitrogen and oxygen atoms in total. The summed E-state index contributed by atoms with van der Waals surface area (Å²) >= 11 is 3.14. The lowest BCUT2D eigenvalue weighted by Gasteiger charge is -2.28. The van der Waals surface area contributed by atoms with E-state index in [4.69, 9.17) is 10.5 Å². The molecule has 0 unspecified atom stereocenters. The molecule has 2 N–H and O–H groups in total. The molecule has 0 aliphatic rings. The number of halogens is 1. The van der Waals surface area contributed by atoms with Gasteiger partial charge in [-0.3, -0.25) is 0 Å². The minimum Gasteiger partial charge on any atom is -0.467 e. The fourth-order valence-corrected chi connectivity index (χ4v) is 1.61. The van der Waals surface area contributed by atoms with E-state index in [1.807, 2.05) is 0 Å². The largest absolute Gasteiger partial charge is 0.467 e. The SMILES string of the molecule is COC(=O)[C@@](N)(CCBr)C(=O)OC(C)(C)C. The maximum atomic E-state index is 11.8. The van der Waals surface area contributed by atoms with Crippen molar-refractivity contribution in [3.63, 3.8) is 0 Å². The van der Waals surface area contributed by atoms with Gasteiger partial charge in [-0.05, 0) is 27.2 Å². The molecule has 0 aromatic heterocycles. The Morgan fingerprint density at radius 1 is 1.25 bits per heavy atom. The highest BCUT2D eigenvalue weighted by atomic mass is 79.9. The molecule has 0 fully saturated rings. The van der Waals surface area contributed by atoms with Gasteiger partial charge in [0.05, 0.1) is 7.11 Å². The second kappa shape index (κ2) is 5.63. The normalized spacial score (nSPS) is 15.1. The van der Waals surface area contributed by atoms with Crippen LogP contribution in [-0.2, 0) is 19.1 Å². The van der Waals surface area contributed by atoms with Gasteiger partial charge >= 0.3 is 11.9 Å². The molecule has 0 aromatic carbocycles. The van der Waals surface area contributed by atoms with Crippen LogP contribution in [0.2, 0.25) is 0 Å². The van der Waals surface area contributed by atoms with Crippen molar-refractivity contribution in [2.24, 2.45) is 5.73 Å². The Bertz CT molecular complexity index is 274. The number of alkyl halides is 1. The van der Waals surface area contributed by atoms with Crippen LogP contribution in [-0.4, -0.2) is 35.5 Å². The van der Waals surface area contributed by atoms with E-state index in [0.717, 1.165) is 0 Å². The fraction of sp³-hybridized carbons (Fsp3) is 0.800. The first-order valence-electron chi connectivity index (χ1n) is 4.84. The van der Waals surface area contributed by atoms with Crippen molar-refractivity contribution in [3.05, 3.63) is 0 Å². The number of esters is 2. The monoisotopic (exact) mass is 295 g/mol. The second-order valence-corrected chi connectivity index (χ2v) is 5.20. The third-order valence-corrected chi connectivity index (χ3v) is 2.20. The van der Waals surface area contributed by atoms with Gasteiger partial charge in [0.1, 0.15) is 5.60 Å². The van der Waals surface area contributed by atoms with Gasteiger partial charge < -0.3 is 15.2 Å². The van der Waals surface area contributed by atoms with Gasteiger partial charge in [-0.1, -0.05) is 15.9 Å². The lowest BCUT2D eigenvalue weighted by atomic mass is 9.97. The predicted octanol–water partition coefficient (Wildman–Crippen LogP) is 0.984. The van der Waals surface area contributed by atoms with Crippen molar-refractivity contribution in [1.29, 1.82) is 0 Å². The van der Waals surface area contributed by atoms with E-state index in [2.05, 4.69) is 20.7 Å². The third-order valence-electron chi connectivity index (χ3n) is 1.80. The van der Waals surface area contributed by atoms with E-state index in [-0.39, 0.29) is 6.42 Å². The van der Waals surface area contributed by atoms with Gasteiger partial charge in [0.25, 0.3) is 0 Å². The second-order valence-electron chi connectivity index (χ2n) is 4.40. The zero-order valence-corrected chi connectivity index (χ0v) is 11.6. The van der Waals surface area contributed by atoms with E-state index >= 15 is 0 Å². The van der Waals surface area contributed by atoms with E-state index in [9.17, 15) is 9.59 Å². The Kier molecular flexibility index (Phi) is 5.41. The Morgan fingerprint density at radius 3 is 2.06 bits per heavy atom. The van der Waals surface area contributed by atoms with Crippen LogP contribution in [0.25, 0.3) is 0 Å². The molecule has 16 heavy (non-hydrogen) atoms. The lowest BCUT2D eigenvalue weighted by molar-refractivity contribution is -0.170. The van der Waals surface area contributed by atoms with E-state index in [0.29, 0.717) is 5.33 Å². The highest BCUT2D eigenvalue weighted by Gasteiger charge is 2.45. The summed E-state index contributed by atoms with van der Waals surface area (Å²) in [4.78, 5) is 23.3. The minimum absolute atomic E-state index is 0.120. The Balaban J connectivity index is 4.91. The molecule has 0 saturated carbocycles. The molecule has 0 bridgehead atoms. The first-order chi connectivity index (χ1) is 7.17. The van der Waals surface area contributed by atoms with Gasteiger partial charge in [0, 0.05) is 5.33 Å². The smallest absolute Gasteiger partial charge is 0.338 e. The van der Waals surface area contributed by atoms with Crippen molar-refractivity contribution in [2.75, 3.05) is 12.4 Å². The molecule has 0 aliphatic carbocycles. The molecule has 1 atom stereocenters. The summed E-state index contributed by atoms with van der Waals surface area (Å²) in [5.41, 5.74) is 3.30. The molecule has 94 valence electrons. The van der Waals surface area contributed by atoms with Gasteiger partial charge in [-0.25, -0.2) is 9.59 Å². The summed E-state index contributed by atoms with van der Waals surface area (Å²) in [6, 6.07) is 0. The van der Waals surface area contributed by atoms with Crippen molar-refractivity contribution < 1.29 is 19.1 Å². The molecular formula is C10H18BrNO4. The quantitative estimate of drug-likeness (QED) is 0.475. The van der Waals surface area contributed by atoms with Crippen LogP contribution in [0.15, 0.2) is 0 Å². The Morgan fingerprint density at radius 2 is 1.75 bits per heavy atom. The van der Waals surface area contributed by atoms with Gasteiger partial charge in [-0.15, -0.1) is 0 Å². The number of carbonyl (C=O) groups is 2. The molecule has 0 aromatic rings. The van der Waals surface area contributed by atoms with E-state index in [1.165, 1.54) is 7.11 Å². The van der Waals surface area contributed by atoms with Gasteiger partial charge in [0.2, 0.25) is 5.54 Å². The average Bonchev–Trinajstić information content (AvgIpc) is 2.14. The van der Waals surface area contributed by atoms with Crippen LogP contribution in [0, 0.1) is 0 Å². The van der Waals surface area contributed by atoms with Gasteiger partial charge in [0.15, 0.2) is 0 Å². The van der Waals surface area contributed by atoms with Crippen LogP contribution in [0.3, 0.4) is 0 Å². The van der Waals surface area contributed by atoms with Crippen LogP contribution >= 0.6 is 15.9 Å². The summed E-state index contributed by atoms with van der Waals surface area (Å²) in [6.07, 6.45) is 0.120. The molecule has 0 aliphatic heterocycles. The molecule has 0 rings (SSSR count). The zero-order chi connectivity index (χ0) is 13.0. The Labute approximate surface area is 104 Å². The first-order valence-corrected chi connectivity index (χ1v) is 5.96. The summed E-state index contributed by atoms with van der Waals surface area (Å²) < 4.78 is 9.61. The van der Waals surface area contributed by atoms with Crippen molar-refractivity contribution in [1.82, 2.24) is 0 Å². The topological polar surface area (TPSA) is 78.6 Å². The van der Waals surface area contributed by atoms with Gasteiger partial charge in [-0.2, -0.15) is 0 Å². The maximum Gasteiger partial charge on any atom is 0.338 e. The van der Waals surface area contributed by atoms with Crippen LogP contribution in [0.4, 0.5) is 0 Å². The summed E-state index contributed by atoms with van der Waals surface area (Å²) in [5, 5.41) is 0.401. The molecule has 0 amide bonds. The minimum atomic E-state index is -1.74. The van der Waals surface area contributed by atoms with E-state index < -0.39 is 23.1 Å². The number of hydrogen-bond donors (Lipinski definition) is 1. The molecule has 6 heteroatoms. The predicted molar refractivity (Wildman–Crippen MR) is 63.2 cm³/mol. The number of ether oxygens (including phenoxy) is 2. The Hall–Kier alpha value is -0.620. The highest BCUT2D eigenvalue weighted by molar-refractivity contribution is 9.09.